The van der Waals surface area contributed by atoms with Crippen molar-refractivity contribution in [3.63, 3.8) is 0 Å². The van der Waals surface area contributed by atoms with Gasteiger partial charge in [0.15, 0.2) is 5.78 Å². The first-order valence-electron chi connectivity index (χ1n) is 8.55. The largest absolute Gasteiger partial charge is 0.371 e. The molecule has 0 atom stereocenters. The summed E-state index contributed by atoms with van der Waals surface area (Å²) in [6, 6.07) is 11.2. The number of ketones is 1. The van der Waals surface area contributed by atoms with Gasteiger partial charge in [-0.3, -0.25) is 9.52 Å². The molecular weight excluding hydrogens is 372 g/mol. The number of piperidine rings is 1. The van der Waals surface area contributed by atoms with Crippen LogP contribution in [-0.2, 0) is 10.0 Å². The predicted octanol–water partition coefficient (Wildman–Crippen LogP) is 4.33. The summed E-state index contributed by atoms with van der Waals surface area (Å²) >= 11 is 6.21. The topological polar surface area (TPSA) is 66.5 Å². The number of sulfonamides is 1. The Kier molecular flexibility index (Phi) is 5.53. The molecule has 0 unspecified atom stereocenters. The van der Waals surface area contributed by atoms with E-state index in [1.165, 1.54) is 37.6 Å². The Morgan fingerprint density at radius 2 is 1.69 bits per heavy atom. The zero-order valence-electron chi connectivity index (χ0n) is 14.5. The first-order valence-corrected chi connectivity index (χ1v) is 10.4. The second-order valence-electron chi connectivity index (χ2n) is 6.40. The second kappa shape index (κ2) is 7.68. The van der Waals surface area contributed by atoms with Gasteiger partial charge in [0.1, 0.15) is 0 Å². The van der Waals surface area contributed by atoms with Gasteiger partial charge in [-0.05, 0) is 56.5 Å². The number of rotatable bonds is 5. The first kappa shape index (κ1) is 18.7. The van der Waals surface area contributed by atoms with E-state index in [9.17, 15) is 13.2 Å². The van der Waals surface area contributed by atoms with E-state index in [1.54, 1.807) is 12.1 Å². The lowest BCUT2D eigenvalue weighted by Crippen LogP contribution is -2.29. The van der Waals surface area contributed by atoms with E-state index < -0.39 is 10.0 Å². The van der Waals surface area contributed by atoms with Crippen LogP contribution in [0.5, 0.6) is 0 Å². The molecule has 0 saturated carbocycles. The van der Waals surface area contributed by atoms with Crippen molar-refractivity contribution in [2.45, 2.75) is 31.1 Å². The summed E-state index contributed by atoms with van der Waals surface area (Å²) in [7, 11) is -3.79. The quantitative estimate of drug-likeness (QED) is 0.769. The molecule has 1 N–H and O–H groups in total. The van der Waals surface area contributed by atoms with E-state index in [0.29, 0.717) is 16.3 Å². The highest BCUT2D eigenvalue weighted by atomic mass is 35.5. The lowest BCUT2D eigenvalue weighted by atomic mass is 10.1. The molecule has 1 fully saturated rings. The molecule has 0 spiro atoms. The van der Waals surface area contributed by atoms with Crippen molar-refractivity contribution in [3.05, 3.63) is 53.1 Å². The molecule has 1 aliphatic heterocycles. The van der Waals surface area contributed by atoms with Crippen LogP contribution in [0.15, 0.2) is 47.4 Å². The molecule has 0 bridgehead atoms. The highest BCUT2D eigenvalue weighted by Gasteiger charge is 2.18. The summed E-state index contributed by atoms with van der Waals surface area (Å²) in [4.78, 5) is 13.7. The van der Waals surface area contributed by atoms with Gasteiger partial charge in [0.05, 0.1) is 15.6 Å². The van der Waals surface area contributed by atoms with E-state index in [0.717, 1.165) is 31.6 Å². The molecule has 7 heteroatoms. The van der Waals surface area contributed by atoms with Crippen LogP contribution < -0.4 is 9.62 Å². The van der Waals surface area contributed by atoms with Crippen molar-refractivity contribution < 1.29 is 13.2 Å². The first-order chi connectivity index (χ1) is 12.4. The third-order valence-electron chi connectivity index (χ3n) is 4.49. The molecule has 1 aliphatic rings. The Balaban J connectivity index is 1.85. The molecule has 0 aliphatic carbocycles. The van der Waals surface area contributed by atoms with Crippen LogP contribution in [0.25, 0.3) is 0 Å². The number of nitrogens with one attached hydrogen (secondary N) is 1. The number of Topliss-reactive ketones (excluding diaryl/α,β-unsaturated/α-hetero) is 1. The fourth-order valence-corrected chi connectivity index (χ4v) is 4.30. The molecule has 2 aromatic carbocycles. The van der Waals surface area contributed by atoms with Gasteiger partial charge in [0, 0.05) is 24.3 Å². The highest BCUT2D eigenvalue weighted by Crippen LogP contribution is 2.31. The fourth-order valence-electron chi connectivity index (χ4n) is 3.01. The average Bonchev–Trinajstić information content (AvgIpc) is 2.64. The third kappa shape index (κ3) is 4.19. The lowest BCUT2D eigenvalue weighted by Gasteiger charge is -2.29. The van der Waals surface area contributed by atoms with Crippen LogP contribution in [-0.4, -0.2) is 27.3 Å². The average molecular weight is 393 g/mol. The maximum Gasteiger partial charge on any atom is 0.261 e. The Labute approximate surface area is 159 Å². The molecule has 26 heavy (non-hydrogen) atoms. The van der Waals surface area contributed by atoms with E-state index in [4.69, 9.17) is 11.6 Å². The van der Waals surface area contributed by atoms with Crippen LogP contribution in [0.4, 0.5) is 11.4 Å². The van der Waals surface area contributed by atoms with Gasteiger partial charge < -0.3 is 4.90 Å². The van der Waals surface area contributed by atoms with Gasteiger partial charge in [-0.1, -0.05) is 23.7 Å². The molecule has 138 valence electrons. The van der Waals surface area contributed by atoms with Crippen molar-refractivity contribution in [1.29, 1.82) is 0 Å². The maximum absolute atomic E-state index is 12.7. The zero-order valence-corrected chi connectivity index (χ0v) is 16.1. The number of nitrogens with zero attached hydrogens (tertiary/aromatic N) is 1. The Morgan fingerprint density at radius 3 is 2.31 bits per heavy atom. The van der Waals surface area contributed by atoms with Crippen molar-refractivity contribution in [1.82, 2.24) is 0 Å². The van der Waals surface area contributed by atoms with Crippen LogP contribution in [0.2, 0.25) is 5.02 Å². The van der Waals surface area contributed by atoms with E-state index in [2.05, 4.69) is 9.62 Å². The van der Waals surface area contributed by atoms with Gasteiger partial charge in [0.25, 0.3) is 10.0 Å². The van der Waals surface area contributed by atoms with Crippen LogP contribution >= 0.6 is 11.6 Å². The Morgan fingerprint density at radius 1 is 1.04 bits per heavy atom. The van der Waals surface area contributed by atoms with Gasteiger partial charge >= 0.3 is 0 Å². The SMILES string of the molecule is CC(=O)c1ccc(S(=O)(=O)Nc2cc(N3CCCCC3)ccc2Cl)cc1. The molecule has 0 amide bonds. The smallest absolute Gasteiger partial charge is 0.261 e. The van der Waals surface area contributed by atoms with Gasteiger partial charge in [0.2, 0.25) is 0 Å². The third-order valence-corrected chi connectivity index (χ3v) is 6.20. The maximum atomic E-state index is 12.7. The van der Waals surface area contributed by atoms with Crippen molar-refractivity contribution in [2.75, 3.05) is 22.7 Å². The molecule has 0 aromatic heterocycles. The minimum atomic E-state index is -3.79. The number of hydrogen-bond acceptors (Lipinski definition) is 4. The number of benzene rings is 2. The molecule has 2 aromatic rings. The fraction of sp³-hybridized carbons (Fsp3) is 0.316. The van der Waals surface area contributed by atoms with Gasteiger partial charge in [-0.15, -0.1) is 0 Å². The van der Waals surface area contributed by atoms with Crippen molar-refractivity contribution >= 4 is 38.8 Å². The van der Waals surface area contributed by atoms with Crippen LogP contribution in [0, 0.1) is 0 Å². The second-order valence-corrected chi connectivity index (χ2v) is 8.49. The number of carbonyl (C=O) groups is 1. The van der Waals surface area contributed by atoms with Crippen molar-refractivity contribution in [2.24, 2.45) is 0 Å². The number of anilines is 2. The summed E-state index contributed by atoms with van der Waals surface area (Å²) < 4.78 is 27.9. The van der Waals surface area contributed by atoms with Gasteiger partial charge in [-0.2, -0.15) is 0 Å². The molecule has 1 heterocycles. The van der Waals surface area contributed by atoms with Crippen molar-refractivity contribution in [3.8, 4) is 0 Å². The van der Waals surface area contributed by atoms with Crippen LogP contribution in [0.3, 0.4) is 0 Å². The monoisotopic (exact) mass is 392 g/mol. The highest BCUT2D eigenvalue weighted by molar-refractivity contribution is 7.92. The minimum absolute atomic E-state index is 0.0851. The number of halogens is 1. The number of carbonyl (C=O) groups excluding carboxylic acids is 1. The summed E-state index contributed by atoms with van der Waals surface area (Å²) in [5.41, 5.74) is 1.78. The Hall–Kier alpha value is -2.05. The zero-order chi connectivity index (χ0) is 18.7. The molecule has 0 radical (unpaired) electrons. The molecule has 5 nitrogen and oxygen atoms in total. The van der Waals surface area contributed by atoms with Crippen LogP contribution in [0.1, 0.15) is 36.5 Å². The van der Waals surface area contributed by atoms with E-state index >= 15 is 0 Å². The number of hydrogen-bond donors (Lipinski definition) is 1. The summed E-state index contributed by atoms with van der Waals surface area (Å²) in [5.74, 6) is -0.112. The summed E-state index contributed by atoms with van der Waals surface area (Å²) in [6.07, 6.45) is 3.48. The van der Waals surface area contributed by atoms with Gasteiger partial charge in [-0.25, -0.2) is 8.42 Å². The normalized spacial score (nSPS) is 14.9. The molecule has 1 saturated heterocycles. The summed E-state index contributed by atoms with van der Waals surface area (Å²) in [5, 5.41) is 0.342. The standard InChI is InChI=1S/C19H21ClN2O3S/c1-14(23)15-5-8-17(9-6-15)26(24,25)21-19-13-16(7-10-18(19)20)22-11-3-2-4-12-22/h5-10,13,21H,2-4,11-12H2,1H3. The minimum Gasteiger partial charge on any atom is -0.371 e. The van der Waals surface area contributed by atoms with E-state index in [1.807, 2.05) is 6.07 Å². The lowest BCUT2D eigenvalue weighted by molar-refractivity contribution is 0.101. The summed E-state index contributed by atoms with van der Waals surface area (Å²) in [6.45, 7) is 3.36. The predicted molar refractivity (Wildman–Crippen MR) is 105 cm³/mol. The van der Waals surface area contributed by atoms with E-state index in [-0.39, 0.29) is 10.7 Å². The molecule has 3 rings (SSSR count). The molecular formula is C19H21ClN2O3S. The Bertz CT molecular complexity index is 905.